The molecule has 98 valence electrons. The second-order valence-electron chi connectivity index (χ2n) is 4.56. The standard InChI is InChI=1S/C13H29NO2/c1-5-12(2)11-13(3)14-7-10-16-9-6-8-15-4/h12-14H,5-11H2,1-4H3. The van der Waals surface area contributed by atoms with E-state index in [1.807, 2.05) is 0 Å². The monoisotopic (exact) mass is 231 g/mol. The molecule has 16 heavy (non-hydrogen) atoms. The van der Waals surface area contributed by atoms with Crippen LogP contribution in [0.25, 0.3) is 0 Å². The van der Waals surface area contributed by atoms with Gasteiger partial charge in [0.15, 0.2) is 0 Å². The van der Waals surface area contributed by atoms with Crippen molar-refractivity contribution in [3.05, 3.63) is 0 Å². The number of methoxy groups -OCH3 is 1. The normalized spacial score (nSPS) is 15.0. The highest BCUT2D eigenvalue weighted by Gasteiger charge is 2.05. The summed E-state index contributed by atoms with van der Waals surface area (Å²) in [6.45, 7) is 10.1. The molecule has 2 atom stereocenters. The van der Waals surface area contributed by atoms with Crippen LogP contribution in [0.5, 0.6) is 0 Å². The van der Waals surface area contributed by atoms with Crippen molar-refractivity contribution >= 4 is 0 Å². The Labute approximate surface area is 101 Å². The van der Waals surface area contributed by atoms with Gasteiger partial charge in [0.2, 0.25) is 0 Å². The molecule has 0 spiro atoms. The molecule has 0 aliphatic rings. The Hall–Kier alpha value is -0.120. The third kappa shape index (κ3) is 10.4. The third-order valence-electron chi connectivity index (χ3n) is 2.83. The highest BCUT2D eigenvalue weighted by Crippen LogP contribution is 2.08. The molecule has 0 aromatic heterocycles. The predicted octanol–water partition coefficient (Wildman–Crippen LogP) is 2.45. The minimum atomic E-state index is 0.595. The molecule has 3 heteroatoms. The quantitative estimate of drug-likeness (QED) is 0.554. The molecule has 0 amide bonds. The number of nitrogens with one attached hydrogen (secondary N) is 1. The van der Waals surface area contributed by atoms with Crippen molar-refractivity contribution in [2.45, 2.75) is 46.1 Å². The van der Waals surface area contributed by atoms with Crippen molar-refractivity contribution in [2.75, 3.05) is 33.5 Å². The fraction of sp³-hybridized carbons (Fsp3) is 1.00. The summed E-state index contributed by atoms with van der Waals surface area (Å²) in [7, 11) is 1.72. The number of hydrogen-bond acceptors (Lipinski definition) is 3. The van der Waals surface area contributed by atoms with Crippen LogP contribution in [-0.2, 0) is 9.47 Å². The van der Waals surface area contributed by atoms with E-state index in [0.717, 1.165) is 38.7 Å². The van der Waals surface area contributed by atoms with E-state index >= 15 is 0 Å². The van der Waals surface area contributed by atoms with Crippen LogP contribution in [0, 0.1) is 5.92 Å². The van der Waals surface area contributed by atoms with Crippen LogP contribution < -0.4 is 5.32 Å². The van der Waals surface area contributed by atoms with Crippen molar-refractivity contribution in [2.24, 2.45) is 5.92 Å². The van der Waals surface area contributed by atoms with E-state index in [4.69, 9.17) is 9.47 Å². The van der Waals surface area contributed by atoms with Crippen LogP contribution in [-0.4, -0.2) is 39.5 Å². The van der Waals surface area contributed by atoms with Gasteiger partial charge in [0.05, 0.1) is 6.61 Å². The lowest BCUT2D eigenvalue weighted by Crippen LogP contribution is -2.30. The van der Waals surface area contributed by atoms with Crippen molar-refractivity contribution in [1.29, 1.82) is 0 Å². The first-order valence-corrected chi connectivity index (χ1v) is 6.50. The lowest BCUT2D eigenvalue weighted by Gasteiger charge is -2.17. The van der Waals surface area contributed by atoms with Gasteiger partial charge in [-0.3, -0.25) is 0 Å². The summed E-state index contributed by atoms with van der Waals surface area (Å²) >= 11 is 0. The van der Waals surface area contributed by atoms with Gasteiger partial charge >= 0.3 is 0 Å². The van der Waals surface area contributed by atoms with Crippen LogP contribution in [0.4, 0.5) is 0 Å². The van der Waals surface area contributed by atoms with E-state index in [1.54, 1.807) is 7.11 Å². The molecule has 1 N–H and O–H groups in total. The summed E-state index contributed by atoms with van der Waals surface area (Å²) in [6, 6.07) is 0.595. The van der Waals surface area contributed by atoms with Crippen molar-refractivity contribution in [3.63, 3.8) is 0 Å². The summed E-state index contributed by atoms with van der Waals surface area (Å²) in [5.41, 5.74) is 0. The largest absolute Gasteiger partial charge is 0.385 e. The van der Waals surface area contributed by atoms with Crippen LogP contribution in [0.2, 0.25) is 0 Å². The fourth-order valence-corrected chi connectivity index (χ4v) is 1.64. The van der Waals surface area contributed by atoms with E-state index in [0.29, 0.717) is 6.04 Å². The third-order valence-corrected chi connectivity index (χ3v) is 2.83. The first-order valence-electron chi connectivity index (χ1n) is 6.50. The number of ether oxygens (including phenoxy) is 2. The molecule has 0 saturated carbocycles. The molecule has 2 unspecified atom stereocenters. The maximum absolute atomic E-state index is 5.47. The Balaban J connectivity index is 3.18. The molecular weight excluding hydrogens is 202 g/mol. The lowest BCUT2D eigenvalue weighted by atomic mass is 10.0. The molecule has 0 aliphatic carbocycles. The Morgan fingerprint density at radius 1 is 1.12 bits per heavy atom. The van der Waals surface area contributed by atoms with Gasteiger partial charge in [0, 0.05) is 32.9 Å². The Morgan fingerprint density at radius 2 is 1.88 bits per heavy atom. The van der Waals surface area contributed by atoms with Gasteiger partial charge < -0.3 is 14.8 Å². The van der Waals surface area contributed by atoms with Gasteiger partial charge in [-0.15, -0.1) is 0 Å². The first kappa shape index (κ1) is 15.9. The Kier molecular flexibility index (Phi) is 11.3. The number of rotatable bonds is 11. The highest BCUT2D eigenvalue weighted by molar-refractivity contribution is 4.63. The second kappa shape index (κ2) is 11.4. The van der Waals surface area contributed by atoms with Crippen LogP contribution >= 0.6 is 0 Å². The minimum Gasteiger partial charge on any atom is -0.385 e. The van der Waals surface area contributed by atoms with Crippen molar-refractivity contribution < 1.29 is 9.47 Å². The van der Waals surface area contributed by atoms with E-state index in [9.17, 15) is 0 Å². The smallest absolute Gasteiger partial charge is 0.0591 e. The SMILES string of the molecule is CCC(C)CC(C)NCCOCCCOC. The van der Waals surface area contributed by atoms with Crippen molar-refractivity contribution in [1.82, 2.24) is 5.32 Å². The topological polar surface area (TPSA) is 30.5 Å². The summed E-state index contributed by atoms with van der Waals surface area (Å²) in [6.07, 6.45) is 3.50. The molecule has 0 radical (unpaired) electrons. The van der Waals surface area contributed by atoms with Gasteiger partial charge in [0.1, 0.15) is 0 Å². The summed E-state index contributed by atoms with van der Waals surface area (Å²) in [5, 5.41) is 3.48. The zero-order valence-corrected chi connectivity index (χ0v) is 11.4. The van der Waals surface area contributed by atoms with Gasteiger partial charge in [0.25, 0.3) is 0 Å². The molecular formula is C13H29NO2. The summed E-state index contributed by atoms with van der Waals surface area (Å²) in [5.74, 6) is 0.810. The number of hydrogen-bond donors (Lipinski definition) is 1. The van der Waals surface area contributed by atoms with E-state index in [-0.39, 0.29) is 0 Å². The average molecular weight is 231 g/mol. The Bertz CT molecular complexity index is 142. The molecule has 0 aliphatic heterocycles. The van der Waals surface area contributed by atoms with Gasteiger partial charge in [-0.05, 0) is 25.7 Å². The van der Waals surface area contributed by atoms with Gasteiger partial charge in [-0.1, -0.05) is 20.3 Å². The zero-order chi connectivity index (χ0) is 12.2. The molecule has 0 fully saturated rings. The molecule has 3 nitrogen and oxygen atoms in total. The molecule has 0 heterocycles. The first-order chi connectivity index (χ1) is 7.70. The van der Waals surface area contributed by atoms with E-state index in [1.165, 1.54) is 12.8 Å². The molecule has 0 rings (SSSR count). The minimum absolute atomic E-state index is 0.595. The van der Waals surface area contributed by atoms with Crippen LogP contribution in [0.15, 0.2) is 0 Å². The van der Waals surface area contributed by atoms with Crippen LogP contribution in [0.3, 0.4) is 0 Å². The molecule has 0 saturated heterocycles. The fourth-order valence-electron chi connectivity index (χ4n) is 1.64. The summed E-state index contributed by atoms with van der Waals surface area (Å²) < 4.78 is 10.4. The van der Waals surface area contributed by atoms with Gasteiger partial charge in [-0.25, -0.2) is 0 Å². The predicted molar refractivity (Wildman–Crippen MR) is 68.8 cm³/mol. The summed E-state index contributed by atoms with van der Waals surface area (Å²) in [4.78, 5) is 0. The highest BCUT2D eigenvalue weighted by atomic mass is 16.5. The Morgan fingerprint density at radius 3 is 2.50 bits per heavy atom. The second-order valence-corrected chi connectivity index (χ2v) is 4.56. The lowest BCUT2D eigenvalue weighted by molar-refractivity contribution is 0.103. The molecule has 0 aromatic rings. The maximum atomic E-state index is 5.47. The van der Waals surface area contributed by atoms with E-state index < -0.39 is 0 Å². The van der Waals surface area contributed by atoms with Crippen LogP contribution in [0.1, 0.15) is 40.0 Å². The van der Waals surface area contributed by atoms with Crippen molar-refractivity contribution in [3.8, 4) is 0 Å². The average Bonchev–Trinajstić information content (AvgIpc) is 2.27. The molecule has 0 aromatic carbocycles. The van der Waals surface area contributed by atoms with Gasteiger partial charge in [-0.2, -0.15) is 0 Å². The van der Waals surface area contributed by atoms with E-state index in [2.05, 4.69) is 26.1 Å². The zero-order valence-electron chi connectivity index (χ0n) is 11.4. The molecule has 0 bridgehead atoms. The maximum Gasteiger partial charge on any atom is 0.0591 e.